The summed E-state index contributed by atoms with van der Waals surface area (Å²) in [7, 11) is 0. The van der Waals surface area contributed by atoms with Crippen LogP contribution in [0.2, 0.25) is 0 Å². The summed E-state index contributed by atoms with van der Waals surface area (Å²) < 4.78 is 1.89. The van der Waals surface area contributed by atoms with Crippen LogP contribution in [0.3, 0.4) is 0 Å². The highest BCUT2D eigenvalue weighted by molar-refractivity contribution is 5.88. The molecule has 0 fully saturated rings. The second kappa shape index (κ2) is 4.11. The third-order valence-corrected chi connectivity index (χ3v) is 3.02. The van der Waals surface area contributed by atoms with Crippen LogP contribution in [-0.4, -0.2) is 15.7 Å². The SMILES string of the molecule is Cc1ccn2c(C=O)c(-c3ccccn3)cc2c1. The van der Waals surface area contributed by atoms with E-state index in [0.717, 1.165) is 23.1 Å². The fraction of sp³-hybridized carbons (Fsp3) is 0.0667. The van der Waals surface area contributed by atoms with Crippen LogP contribution in [0.1, 0.15) is 16.1 Å². The quantitative estimate of drug-likeness (QED) is 0.641. The number of rotatable bonds is 2. The fourth-order valence-electron chi connectivity index (χ4n) is 2.16. The number of carbonyl (C=O) groups is 1. The topological polar surface area (TPSA) is 34.4 Å². The molecule has 0 saturated carbocycles. The van der Waals surface area contributed by atoms with Gasteiger partial charge >= 0.3 is 0 Å². The van der Waals surface area contributed by atoms with E-state index in [1.807, 2.05) is 47.9 Å². The Morgan fingerprint density at radius 3 is 2.83 bits per heavy atom. The molecule has 3 rings (SSSR count). The summed E-state index contributed by atoms with van der Waals surface area (Å²) in [5, 5.41) is 0. The van der Waals surface area contributed by atoms with Gasteiger partial charge in [-0.2, -0.15) is 0 Å². The molecule has 88 valence electrons. The molecule has 0 atom stereocenters. The summed E-state index contributed by atoms with van der Waals surface area (Å²) in [6, 6.07) is 11.7. The third kappa shape index (κ3) is 1.61. The molecule has 3 heteroatoms. The Hall–Kier alpha value is -2.42. The summed E-state index contributed by atoms with van der Waals surface area (Å²) >= 11 is 0. The standard InChI is InChI=1S/C15H12N2O/c1-11-5-7-17-12(8-11)9-13(15(17)10-18)14-4-2-3-6-16-14/h2-10H,1H3. The molecule has 0 bridgehead atoms. The van der Waals surface area contributed by atoms with E-state index in [2.05, 4.69) is 11.1 Å². The molecule has 0 radical (unpaired) electrons. The van der Waals surface area contributed by atoms with Crippen molar-refractivity contribution in [3.05, 3.63) is 60.0 Å². The van der Waals surface area contributed by atoms with E-state index in [0.29, 0.717) is 5.69 Å². The molecule has 3 aromatic heterocycles. The number of hydrogen-bond donors (Lipinski definition) is 0. The van der Waals surface area contributed by atoms with Gasteiger partial charge in [0.05, 0.1) is 11.4 Å². The Morgan fingerprint density at radius 2 is 2.11 bits per heavy atom. The third-order valence-electron chi connectivity index (χ3n) is 3.02. The Bertz CT molecular complexity index is 714. The average molecular weight is 236 g/mol. The number of aldehydes is 1. The van der Waals surface area contributed by atoms with Gasteiger partial charge in [-0.15, -0.1) is 0 Å². The first-order chi connectivity index (χ1) is 8.79. The molecule has 0 aliphatic heterocycles. The average Bonchev–Trinajstić information content (AvgIpc) is 2.77. The summed E-state index contributed by atoms with van der Waals surface area (Å²) in [4.78, 5) is 15.6. The fourth-order valence-corrected chi connectivity index (χ4v) is 2.16. The molecule has 0 saturated heterocycles. The largest absolute Gasteiger partial charge is 0.314 e. The normalized spacial score (nSPS) is 10.7. The van der Waals surface area contributed by atoms with Gasteiger partial charge in [-0.05, 0) is 42.8 Å². The second-order valence-corrected chi connectivity index (χ2v) is 4.28. The van der Waals surface area contributed by atoms with Gasteiger partial charge in [-0.3, -0.25) is 9.78 Å². The van der Waals surface area contributed by atoms with Gasteiger partial charge in [0.1, 0.15) is 0 Å². The first kappa shape index (κ1) is 10.7. The highest BCUT2D eigenvalue weighted by Gasteiger charge is 2.11. The maximum Gasteiger partial charge on any atom is 0.167 e. The van der Waals surface area contributed by atoms with Gasteiger partial charge in [0.25, 0.3) is 0 Å². The molecule has 3 heterocycles. The lowest BCUT2D eigenvalue weighted by Crippen LogP contribution is -1.93. The zero-order valence-corrected chi connectivity index (χ0v) is 10.00. The van der Waals surface area contributed by atoms with Gasteiger partial charge < -0.3 is 4.40 Å². The van der Waals surface area contributed by atoms with Crippen LogP contribution in [0.4, 0.5) is 0 Å². The van der Waals surface area contributed by atoms with E-state index < -0.39 is 0 Å². The number of pyridine rings is 2. The van der Waals surface area contributed by atoms with Crippen LogP contribution in [0, 0.1) is 6.92 Å². The van der Waals surface area contributed by atoms with E-state index in [1.165, 1.54) is 5.56 Å². The van der Waals surface area contributed by atoms with Crippen molar-refractivity contribution in [2.45, 2.75) is 6.92 Å². The highest BCUT2D eigenvalue weighted by Crippen LogP contribution is 2.25. The van der Waals surface area contributed by atoms with E-state index in [4.69, 9.17) is 0 Å². The number of aryl methyl sites for hydroxylation is 1. The molecule has 0 spiro atoms. The number of carbonyl (C=O) groups excluding carboxylic acids is 1. The molecule has 0 amide bonds. The number of fused-ring (bicyclic) bond motifs is 1. The van der Waals surface area contributed by atoms with Crippen molar-refractivity contribution in [2.75, 3.05) is 0 Å². The Kier molecular flexibility index (Phi) is 2.45. The highest BCUT2D eigenvalue weighted by atomic mass is 16.1. The first-order valence-electron chi connectivity index (χ1n) is 5.78. The predicted molar refractivity (Wildman–Crippen MR) is 70.8 cm³/mol. The van der Waals surface area contributed by atoms with Crippen LogP contribution >= 0.6 is 0 Å². The number of hydrogen-bond acceptors (Lipinski definition) is 2. The van der Waals surface area contributed by atoms with Crippen LogP contribution < -0.4 is 0 Å². The Balaban J connectivity index is 2.33. The van der Waals surface area contributed by atoms with E-state index in [9.17, 15) is 4.79 Å². The molecule has 3 aromatic rings. The van der Waals surface area contributed by atoms with Crippen molar-refractivity contribution < 1.29 is 4.79 Å². The van der Waals surface area contributed by atoms with E-state index >= 15 is 0 Å². The van der Waals surface area contributed by atoms with Gasteiger partial charge in [0.2, 0.25) is 0 Å². The minimum atomic E-state index is 0.642. The molecule has 0 aliphatic rings. The zero-order valence-electron chi connectivity index (χ0n) is 10.00. The molecule has 0 unspecified atom stereocenters. The van der Waals surface area contributed by atoms with E-state index in [-0.39, 0.29) is 0 Å². The molecular weight excluding hydrogens is 224 g/mol. The van der Waals surface area contributed by atoms with E-state index in [1.54, 1.807) is 6.20 Å². The minimum Gasteiger partial charge on any atom is -0.314 e. The molecule has 3 nitrogen and oxygen atoms in total. The molecule has 18 heavy (non-hydrogen) atoms. The number of nitrogens with zero attached hydrogens (tertiary/aromatic N) is 2. The van der Waals surface area contributed by atoms with Crippen molar-refractivity contribution in [3.8, 4) is 11.3 Å². The molecule has 0 aromatic carbocycles. The van der Waals surface area contributed by atoms with Gasteiger partial charge in [-0.25, -0.2) is 0 Å². The Morgan fingerprint density at radius 1 is 1.22 bits per heavy atom. The van der Waals surface area contributed by atoms with Crippen LogP contribution in [-0.2, 0) is 0 Å². The monoisotopic (exact) mass is 236 g/mol. The maximum atomic E-state index is 11.3. The maximum absolute atomic E-state index is 11.3. The lowest BCUT2D eigenvalue weighted by atomic mass is 10.1. The molecule has 0 N–H and O–H groups in total. The van der Waals surface area contributed by atoms with Crippen molar-refractivity contribution in [3.63, 3.8) is 0 Å². The summed E-state index contributed by atoms with van der Waals surface area (Å²) in [5.41, 5.74) is 4.52. The van der Waals surface area contributed by atoms with Crippen molar-refractivity contribution in [1.82, 2.24) is 9.38 Å². The van der Waals surface area contributed by atoms with Crippen LogP contribution in [0.15, 0.2) is 48.8 Å². The first-order valence-corrected chi connectivity index (χ1v) is 5.78. The van der Waals surface area contributed by atoms with Crippen molar-refractivity contribution in [2.24, 2.45) is 0 Å². The zero-order chi connectivity index (χ0) is 12.5. The molecular formula is C15H12N2O. The predicted octanol–water partition coefficient (Wildman–Crippen LogP) is 3.12. The minimum absolute atomic E-state index is 0.642. The summed E-state index contributed by atoms with van der Waals surface area (Å²) in [6.07, 6.45) is 4.53. The van der Waals surface area contributed by atoms with Crippen molar-refractivity contribution >= 4 is 11.8 Å². The number of aromatic nitrogens is 2. The van der Waals surface area contributed by atoms with Crippen LogP contribution in [0.5, 0.6) is 0 Å². The van der Waals surface area contributed by atoms with Gasteiger partial charge in [0, 0.05) is 23.5 Å². The smallest absolute Gasteiger partial charge is 0.167 e. The summed E-state index contributed by atoms with van der Waals surface area (Å²) in [5.74, 6) is 0. The van der Waals surface area contributed by atoms with Gasteiger partial charge in [0.15, 0.2) is 6.29 Å². The lowest BCUT2D eigenvalue weighted by Gasteiger charge is -1.99. The molecule has 0 aliphatic carbocycles. The summed E-state index contributed by atoms with van der Waals surface area (Å²) in [6.45, 7) is 2.04. The lowest BCUT2D eigenvalue weighted by molar-refractivity contribution is 0.111. The second-order valence-electron chi connectivity index (χ2n) is 4.28. The van der Waals surface area contributed by atoms with Crippen molar-refractivity contribution in [1.29, 1.82) is 0 Å². The van der Waals surface area contributed by atoms with Crippen LogP contribution in [0.25, 0.3) is 16.8 Å². The Labute approximate surface area is 105 Å². The van der Waals surface area contributed by atoms with Gasteiger partial charge in [-0.1, -0.05) is 6.07 Å².